The first-order chi connectivity index (χ1) is 10.2. The fourth-order valence-electron chi connectivity index (χ4n) is 2.59. The molecule has 3 nitrogen and oxygen atoms in total. The second kappa shape index (κ2) is 6.39. The molecule has 4 heteroatoms. The van der Waals surface area contributed by atoms with E-state index in [1.807, 2.05) is 53.7 Å². The Morgan fingerprint density at radius 3 is 1.65 bits per heavy atom. The van der Waals surface area contributed by atoms with E-state index in [1.165, 1.54) is 0 Å². The Hall–Kier alpha value is -1.16. The van der Waals surface area contributed by atoms with E-state index in [0.29, 0.717) is 12.2 Å². The van der Waals surface area contributed by atoms with Gasteiger partial charge in [-0.15, -0.1) is 0 Å². The van der Waals surface area contributed by atoms with Crippen LogP contribution in [0.5, 0.6) is 5.75 Å². The van der Waals surface area contributed by atoms with Crippen molar-refractivity contribution in [3.8, 4) is 5.75 Å². The lowest BCUT2D eigenvalue weighted by atomic mass is 9.76. The van der Waals surface area contributed by atoms with Crippen LogP contribution in [0.3, 0.4) is 0 Å². The highest BCUT2D eigenvalue weighted by molar-refractivity contribution is 7.80. The summed E-state index contributed by atoms with van der Waals surface area (Å²) in [6, 6.07) is 3.88. The third-order valence-corrected chi connectivity index (χ3v) is 4.94. The molecule has 1 aromatic carbocycles. The number of carbonyl (C=O) groups is 1. The van der Waals surface area contributed by atoms with Gasteiger partial charge in [0.2, 0.25) is 0 Å². The van der Waals surface area contributed by atoms with Crippen molar-refractivity contribution in [3.05, 3.63) is 28.8 Å². The SMILES string of the molecule is CC(CS)(Cc1cc(C(C)(C)C)c(O)c(C(C)(C)C)c1)C(=O)O. The Balaban J connectivity index is 3.54. The highest BCUT2D eigenvalue weighted by atomic mass is 32.1. The fraction of sp³-hybridized carbons (Fsp3) is 0.632. The molecular weight excluding hydrogens is 308 g/mol. The zero-order valence-corrected chi connectivity index (χ0v) is 16.2. The molecule has 0 saturated carbocycles. The Morgan fingerprint density at radius 2 is 1.39 bits per heavy atom. The summed E-state index contributed by atoms with van der Waals surface area (Å²) in [5, 5.41) is 20.2. The van der Waals surface area contributed by atoms with Crippen LogP contribution in [-0.2, 0) is 22.0 Å². The molecule has 0 saturated heterocycles. The summed E-state index contributed by atoms with van der Waals surface area (Å²) in [6.07, 6.45) is 0.387. The molecule has 130 valence electrons. The van der Waals surface area contributed by atoms with Gasteiger partial charge in [-0.3, -0.25) is 4.79 Å². The number of phenols is 1. The third-order valence-electron chi connectivity index (χ3n) is 4.25. The highest BCUT2D eigenvalue weighted by Crippen LogP contribution is 2.41. The maximum Gasteiger partial charge on any atom is 0.310 e. The quantitative estimate of drug-likeness (QED) is 0.706. The van der Waals surface area contributed by atoms with Gasteiger partial charge in [-0.05, 0) is 40.9 Å². The van der Waals surface area contributed by atoms with Crippen molar-refractivity contribution in [1.82, 2.24) is 0 Å². The van der Waals surface area contributed by atoms with Crippen LogP contribution in [0.1, 0.15) is 65.2 Å². The second-order valence-corrected chi connectivity index (χ2v) is 9.06. The molecule has 0 spiro atoms. The zero-order valence-electron chi connectivity index (χ0n) is 15.3. The van der Waals surface area contributed by atoms with Crippen molar-refractivity contribution < 1.29 is 15.0 Å². The summed E-state index contributed by atoms with van der Waals surface area (Å²) in [6.45, 7) is 14.0. The first-order valence-corrected chi connectivity index (χ1v) is 8.57. The maximum absolute atomic E-state index is 11.6. The molecular formula is C19H30O3S. The van der Waals surface area contributed by atoms with Crippen LogP contribution >= 0.6 is 12.6 Å². The predicted octanol–water partition coefficient (Wildman–Crippen LogP) is 4.55. The summed E-state index contributed by atoms with van der Waals surface area (Å²) < 4.78 is 0. The van der Waals surface area contributed by atoms with E-state index in [-0.39, 0.29) is 16.6 Å². The molecule has 0 aliphatic rings. The van der Waals surface area contributed by atoms with Crippen molar-refractivity contribution in [2.24, 2.45) is 5.41 Å². The molecule has 2 N–H and O–H groups in total. The van der Waals surface area contributed by atoms with E-state index >= 15 is 0 Å². The van der Waals surface area contributed by atoms with Crippen molar-refractivity contribution in [1.29, 1.82) is 0 Å². The third kappa shape index (κ3) is 4.43. The molecule has 1 aromatic rings. The smallest absolute Gasteiger partial charge is 0.310 e. The number of benzene rings is 1. The molecule has 0 bridgehead atoms. The molecule has 1 atom stereocenters. The Labute approximate surface area is 145 Å². The van der Waals surface area contributed by atoms with E-state index in [1.54, 1.807) is 6.92 Å². The molecule has 1 rings (SSSR count). The van der Waals surface area contributed by atoms with Gasteiger partial charge in [0.15, 0.2) is 0 Å². The van der Waals surface area contributed by atoms with E-state index in [0.717, 1.165) is 16.7 Å². The van der Waals surface area contributed by atoms with Crippen LogP contribution in [0.15, 0.2) is 12.1 Å². The van der Waals surface area contributed by atoms with Gasteiger partial charge in [0.05, 0.1) is 5.41 Å². The lowest BCUT2D eigenvalue weighted by Gasteiger charge is -2.30. The first-order valence-electron chi connectivity index (χ1n) is 7.93. The monoisotopic (exact) mass is 338 g/mol. The van der Waals surface area contributed by atoms with Gasteiger partial charge in [0.1, 0.15) is 5.75 Å². The number of hydrogen-bond acceptors (Lipinski definition) is 3. The average molecular weight is 339 g/mol. The number of rotatable bonds is 4. The molecule has 0 aliphatic heterocycles. The van der Waals surface area contributed by atoms with Crippen LogP contribution in [-0.4, -0.2) is 21.9 Å². The standard InChI is InChI=1S/C19H30O3S/c1-17(2,3)13-8-12(10-19(7,11-23)16(21)22)9-14(15(13)20)18(4,5)6/h8-9,20,23H,10-11H2,1-7H3,(H,21,22). The number of thiol groups is 1. The lowest BCUT2D eigenvalue weighted by Crippen LogP contribution is -2.32. The normalized spacial score (nSPS) is 15.3. The molecule has 0 aliphatic carbocycles. The topological polar surface area (TPSA) is 57.5 Å². The number of carboxylic acid groups (broad SMARTS) is 1. The Kier molecular flexibility index (Phi) is 5.52. The van der Waals surface area contributed by atoms with Gasteiger partial charge in [-0.2, -0.15) is 12.6 Å². The van der Waals surface area contributed by atoms with Crippen LogP contribution < -0.4 is 0 Å². The van der Waals surface area contributed by atoms with Gasteiger partial charge in [0, 0.05) is 5.75 Å². The van der Waals surface area contributed by atoms with Gasteiger partial charge in [0.25, 0.3) is 0 Å². The van der Waals surface area contributed by atoms with Gasteiger partial charge >= 0.3 is 5.97 Å². The second-order valence-electron chi connectivity index (χ2n) is 8.74. The van der Waals surface area contributed by atoms with Crippen molar-refractivity contribution >= 4 is 18.6 Å². The van der Waals surface area contributed by atoms with Gasteiger partial charge in [-0.1, -0.05) is 53.7 Å². The Bertz CT molecular complexity index is 559. The first kappa shape index (κ1) is 19.9. The zero-order chi connectivity index (χ0) is 18.2. The maximum atomic E-state index is 11.6. The van der Waals surface area contributed by atoms with E-state index in [2.05, 4.69) is 12.6 Å². The molecule has 0 radical (unpaired) electrons. The van der Waals surface area contributed by atoms with E-state index < -0.39 is 11.4 Å². The highest BCUT2D eigenvalue weighted by Gasteiger charge is 2.34. The van der Waals surface area contributed by atoms with Crippen molar-refractivity contribution in [3.63, 3.8) is 0 Å². The minimum absolute atomic E-state index is 0.222. The molecule has 0 fully saturated rings. The van der Waals surface area contributed by atoms with Crippen LogP contribution in [0.4, 0.5) is 0 Å². The summed E-state index contributed by atoms with van der Waals surface area (Å²) in [7, 11) is 0. The van der Waals surface area contributed by atoms with Crippen LogP contribution in [0.25, 0.3) is 0 Å². The summed E-state index contributed by atoms with van der Waals surface area (Å²) in [4.78, 5) is 11.6. The van der Waals surface area contributed by atoms with Crippen LogP contribution in [0, 0.1) is 5.41 Å². The number of carboxylic acids is 1. The van der Waals surface area contributed by atoms with Crippen molar-refractivity contribution in [2.75, 3.05) is 5.75 Å². The number of aliphatic carboxylic acids is 1. The van der Waals surface area contributed by atoms with Gasteiger partial charge in [-0.25, -0.2) is 0 Å². The van der Waals surface area contributed by atoms with Crippen LogP contribution in [0.2, 0.25) is 0 Å². The van der Waals surface area contributed by atoms with E-state index in [9.17, 15) is 15.0 Å². The summed E-state index contributed by atoms with van der Waals surface area (Å²) in [5.74, 6) is -0.273. The number of aromatic hydroxyl groups is 1. The summed E-state index contributed by atoms with van der Waals surface area (Å²) >= 11 is 4.23. The molecule has 23 heavy (non-hydrogen) atoms. The largest absolute Gasteiger partial charge is 0.507 e. The molecule has 0 aromatic heterocycles. The fourth-order valence-corrected chi connectivity index (χ4v) is 2.84. The number of phenolic OH excluding ortho intramolecular Hbond substituents is 1. The molecule has 0 heterocycles. The number of hydrogen-bond donors (Lipinski definition) is 3. The van der Waals surface area contributed by atoms with E-state index in [4.69, 9.17) is 0 Å². The minimum atomic E-state index is -0.926. The summed E-state index contributed by atoms with van der Waals surface area (Å²) in [5.41, 5.74) is 1.27. The van der Waals surface area contributed by atoms with Crippen molar-refractivity contribution in [2.45, 2.75) is 65.7 Å². The lowest BCUT2D eigenvalue weighted by molar-refractivity contribution is -0.146. The molecule has 0 amide bonds. The predicted molar refractivity (Wildman–Crippen MR) is 98.8 cm³/mol. The van der Waals surface area contributed by atoms with Gasteiger partial charge < -0.3 is 10.2 Å². The molecule has 1 unspecified atom stereocenters. The Morgan fingerprint density at radius 1 is 1.00 bits per heavy atom. The minimum Gasteiger partial charge on any atom is -0.507 e. The average Bonchev–Trinajstić information content (AvgIpc) is 2.37.